The van der Waals surface area contributed by atoms with E-state index in [-0.39, 0.29) is 0 Å². The molecule has 3 nitrogen and oxygen atoms in total. The largest absolute Gasteiger partial charge is 0.496 e. The van der Waals surface area contributed by atoms with Crippen molar-refractivity contribution in [3.8, 4) is 5.75 Å². The Morgan fingerprint density at radius 1 is 1.25 bits per heavy atom. The van der Waals surface area contributed by atoms with Gasteiger partial charge in [-0.05, 0) is 49.1 Å². The van der Waals surface area contributed by atoms with Crippen molar-refractivity contribution < 1.29 is 9.47 Å². The zero-order valence-corrected chi connectivity index (χ0v) is 12.4. The Hall–Kier alpha value is -1.06. The van der Waals surface area contributed by atoms with Crippen LogP contribution in [0.3, 0.4) is 0 Å². The highest BCUT2D eigenvalue weighted by atomic mass is 16.5. The van der Waals surface area contributed by atoms with Crippen LogP contribution in [0.4, 0.5) is 0 Å². The molecule has 1 aromatic carbocycles. The first-order valence-corrected chi connectivity index (χ1v) is 7.74. The van der Waals surface area contributed by atoms with Gasteiger partial charge in [0.05, 0.1) is 7.11 Å². The molecule has 3 heteroatoms. The lowest BCUT2D eigenvalue weighted by Crippen LogP contribution is -2.41. The summed E-state index contributed by atoms with van der Waals surface area (Å²) in [5, 5.41) is 3.73. The average molecular weight is 275 g/mol. The highest BCUT2D eigenvalue weighted by Crippen LogP contribution is 2.37. The van der Waals surface area contributed by atoms with Crippen molar-refractivity contribution in [1.29, 1.82) is 0 Å². The molecule has 1 aromatic rings. The van der Waals surface area contributed by atoms with Gasteiger partial charge in [-0.25, -0.2) is 0 Å². The second kappa shape index (κ2) is 6.15. The van der Waals surface area contributed by atoms with Crippen LogP contribution in [0.5, 0.6) is 5.75 Å². The third-order valence-corrected chi connectivity index (χ3v) is 4.65. The summed E-state index contributed by atoms with van der Waals surface area (Å²) in [6.45, 7) is 2.89. The number of rotatable bonds is 6. The molecule has 110 valence electrons. The Kier molecular flexibility index (Phi) is 4.27. The van der Waals surface area contributed by atoms with Crippen molar-refractivity contribution in [3.63, 3.8) is 0 Å². The molecule has 1 saturated heterocycles. The molecule has 0 bridgehead atoms. The van der Waals surface area contributed by atoms with Gasteiger partial charge in [0.25, 0.3) is 0 Å². The zero-order valence-electron chi connectivity index (χ0n) is 12.4. The summed E-state index contributed by atoms with van der Waals surface area (Å²) in [6.07, 6.45) is 6.07. The van der Waals surface area contributed by atoms with Crippen LogP contribution in [0.2, 0.25) is 0 Å². The van der Waals surface area contributed by atoms with E-state index >= 15 is 0 Å². The molecule has 1 heterocycles. The quantitative estimate of drug-likeness (QED) is 0.866. The van der Waals surface area contributed by atoms with Gasteiger partial charge in [0, 0.05) is 25.8 Å². The van der Waals surface area contributed by atoms with Crippen molar-refractivity contribution in [2.75, 3.05) is 26.9 Å². The minimum absolute atomic E-state index is 0.329. The van der Waals surface area contributed by atoms with Crippen LogP contribution >= 0.6 is 0 Å². The van der Waals surface area contributed by atoms with Crippen LogP contribution in [0.25, 0.3) is 0 Å². The minimum Gasteiger partial charge on any atom is -0.496 e. The molecule has 1 saturated carbocycles. The van der Waals surface area contributed by atoms with E-state index in [2.05, 4.69) is 23.5 Å². The van der Waals surface area contributed by atoms with Crippen molar-refractivity contribution in [2.45, 2.75) is 38.1 Å². The molecule has 1 N–H and O–H groups in total. The van der Waals surface area contributed by atoms with Gasteiger partial charge in [-0.3, -0.25) is 0 Å². The maximum atomic E-state index is 5.58. The monoisotopic (exact) mass is 275 g/mol. The van der Waals surface area contributed by atoms with Gasteiger partial charge in [0.2, 0.25) is 0 Å². The molecule has 3 rings (SSSR count). The van der Waals surface area contributed by atoms with Crippen LogP contribution in [0, 0.1) is 5.41 Å². The van der Waals surface area contributed by atoms with E-state index in [1.54, 1.807) is 7.11 Å². The van der Waals surface area contributed by atoms with Crippen molar-refractivity contribution in [3.05, 3.63) is 29.8 Å². The summed E-state index contributed by atoms with van der Waals surface area (Å²) < 4.78 is 11.1. The highest BCUT2D eigenvalue weighted by molar-refractivity contribution is 5.34. The van der Waals surface area contributed by atoms with Gasteiger partial charge >= 0.3 is 0 Å². The molecule has 1 aliphatic heterocycles. The van der Waals surface area contributed by atoms with Gasteiger partial charge in [0.15, 0.2) is 0 Å². The Labute approximate surface area is 121 Å². The van der Waals surface area contributed by atoms with Crippen LogP contribution < -0.4 is 10.1 Å². The number of benzene rings is 1. The smallest absolute Gasteiger partial charge is 0.122 e. The SMILES string of the molecule is COc1ccccc1CC1(CNC2CC2)CCOCC1. The topological polar surface area (TPSA) is 30.5 Å². The first kappa shape index (κ1) is 13.9. The fraction of sp³-hybridized carbons (Fsp3) is 0.647. The van der Waals surface area contributed by atoms with Gasteiger partial charge in [-0.1, -0.05) is 18.2 Å². The van der Waals surface area contributed by atoms with Crippen LogP contribution in [0.15, 0.2) is 24.3 Å². The second-order valence-electron chi connectivity index (χ2n) is 6.26. The summed E-state index contributed by atoms with van der Waals surface area (Å²) in [4.78, 5) is 0. The lowest BCUT2D eigenvalue weighted by Gasteiger charge is -2.38. The predicted octanol–water partition coefficient (Wildman–Crippen LogP) is 2.79. The van der Waals surface area contributed by atoms with Crippen LogP contribution in [0.1, 0.15) is 31.2 Å². The number of para-hydroxylation sites is 1. The maximum Gasteiger partial charge on any atom is 0.122 e. The van der Waals surface area contributed by atoms with E-state index in [9.17, 15) is 0 Å². The highest BCUT2D eigenvalue weighted by Gasteiger charge is 2.35. The fourth-order valence-electron chi connectivity index (χ4n) is 3.12. The van der Waals surface area contributed by atoms with Gasteiger partial charge in [0.1, 0.15) is 5.75 Å². The molecule has 2 fully saturated rings. The Bertz CT molecular complexity index is 436. The summed E-state index contributed by atoms with van der Waals surface area (Å²) >= 11 is 0. The van der Waals surface area contributed by atoms with Gasteiger partial charge in [-0.15, -0.1) is 0 Å². The molecular weight excluding hydrogens is 250 g/mol. The van der Waals surface area contributed by atoms with Crippen molar-refractivity contribution >= 4 is 0 Å². The predicted molar refractivity (Wildman–Crippen MR) is 80.2 cm³/mol. The molecule has 0 radical (unpaired) electrons. The van der Waals surface area contributed by atoms with E-state index < -0.39 is 0 Å². The van der Waals surface area contributed by atoms with Crippen LogP contribution in [-0.4, -0.2) is 32.9 Å². The third kappa shape index (κ3) is 3.33. The molecule has 1 aliphatic carbocycles. The molecule has 2 aliphatic rings. The number of methoxy groups -OCH3 is 1. The fourth-order valence-corrected chi connectivity index (χ4v) is 3.12. The van der Waals surface area contributed by atoms with Crippen LogP contribution in [-0.2, 0) is 11.2 Å². The Balaban J connectivity index is 1.73. The van der Waals surface area contributed by atoms with Gasteiger partial charge < -0.3 is 14.8 Å². The van der Waals surface area contributed by atoms with E-state index in [1.165, 1.54) is 18.4 Å². The lowest BCUT2D eigenvalue weighted by atomic mass is 9.75. The third-order valence-electron chi connectivity index (χ3n) is 4.65. The minimum atomic E-state index is 0.329. The lowest BCUT2D eigenvalue weighted by molar-refractivity contribution is 0.0145. The summed E-state index contributed by atoms with van der Waals surface area (Å²) in [5.41, 5.74) is 1.66. The first-order chi connectivity index (χ1) is 9.81. The maximum absolute atomic E-state index is 5.58. The molecule has 0 amide bonds. The van der Waals surface area contributed by atoms with E-state index in [1.807, 2.05) is 6.07 Å². The summed E-state index contributed by atoms with van der Waals surface area (Å²) in [7, 11) is 1.76. The molecule has 0 aromatic heterocycles. The first-order valence-electron chi connectivity index (χ1n) is 7.74. The number of nitrogens with one attached hydrogen (secondary N) is 1. The molecular formula is C17H25NO2. The standard InChI is InChI=1S/C17H25NO2/c1-19-16-5-3-2-4-14(16)12-17(8-10-20-11-9-17)13-18-15-6-7-15/h2-5,15,18H,6-13H2,1H3. The second-order valence-corrected chi connectivity index (χ2v) is 6.26. The van der Waals surface area contributed by atoms with E-state index in [0.717, 1.165) is 50.8 Å². The normalized spacial score (nSPS) is 21.6. The van der Waals surface area contributed by atoms with Crippen molar-refractivity contribution in [1.82, 2.24) is 5.32 Å². The summed E-state index contributed by atoms with van der Waals surface area (Å²) in [6, 6.07) is 9.19. The van der Waals surface area contributed by atoms with E-state index in [0.29, 0.717) is 5.41 Å². The number of hydrogen-bond donors (Lipinski definition) is 1. The number of ether oxygens (including phenoxy) is 2. The zero-order chi connectivity index (χ0) is 13.8. The van der Waals surface area contributed by atoms with Gasteiger partial charge in [-0.2, -0.15) is 0 Å². The molecule has 0 spiro atoms. The molecule has 20 heavy (non-hydrogen) atoms. The van der Waals surface area contributed by atoms with E-state index in [4.69, 9.17) is 9.47 Å². The summed E-state index contributed by atoms with van der Waals surface area (Å²) in [5.74, 6) is 1.02. The number of hydrogen-bond acceptors (Lipinski definition) is 3. The van der Waals surface area contributed by atoms with Crippen molar-refractivity contribution in [2.24, 2.45) is 5.41 Å². The molecule has 0 unspecified atom stereocenters. The Morgan fingerprint density at radius 3 is 2.70 bits per heavy atom. The molecule has 0 atom stereocenters. The average Bonchev–Trinajstić information content (AvgIpc) is 3.31. The Morgan fingerprint density at radius 2 is 2.00 bits per heavy atom.